The number of rotatable bonds is 5. The van der Waals surface area contributed by atoms with Gasteiger partial charge < -0.3 is 5.32 Å². The number of fused-ring (bicyclic) bond motifs is 1. The number of hydrogen-bond acceptors (Lipinski definition) is 3. The molecule has 0 unspecified atom stereocenters. The van der Waals surface area contributed by atoms with Crippen molar-refractivity contribution in [2.24, 2.45) is 0 Å². The predicted octanol–water partition coefficient (Wildman–Crippen LogP) is 3.48. The van der Waals surface area contributed by atoms with E-state index in [1.54, 1.807) is 23.5 Å². The zero-order chi connectivity index (χ0) is 14.8. The van der Waals surface area contributed by atoms with E-state index in [4.69, 9.17) is 0 Å². The first kappa shape index (κ1) is 14.2. The summed E-state index contributed by atoms with van der Waals surface area (Å²) in [4.78, 5) is 5.62. The van der Waals surface area contributed by atoms with E-state index in [-0.39, 0.29) is 5.82 Å². The minimum absolute atomic E-state index is 0.172. The third-order valence-electron chi connectivity index (χ3n) is 3.60. The SMILES string of the molecule is Cc1nc2scc(C)n2c1CNCCc1cccc(F)c1. The van der Waals surface area contributed by atoms with Gasteiger partial charge in [0.1, 0.15) is 5.82 Å². The molecule has 0 aliphatic carbocycles. The lowest BCUT2D eigenvalue weighted by molar-refractivity contribution is 0.621. The Kier molecular flexibility index (Phi) is 4.03. The first-order valence-corrected chi connectivity index (χ1v) is 7.90. The van der Waals surface area contributed by atoms with Crippen LogP contribution in [0.15, 0.2) is 29.6 Å². The number of nitrogens with zero attached hydrogens (tertiary/aromatic N) is 2. The summed E-state index contributed by atoms with van der Waals surface area (Å²) in [7, 11) is 0. The molecule has 0 saturated carbocycles. The maximum atomic E-state index is 13.1. The molecule has 0 aliphatic heterocycles. The molecule has 1 aromatic carbocycles. The highest BCUT2D eigenvalue weighted by atomic mass is 32.1. The average molecular weight is 303 g/mol. The van der Waals surface area contributed by atoms with Crippen molar-refractivity contribution in [2.75, 3.05) is 6.54 Å². The van der Waals surface area contributed by atoms with E-state index >= 15 is 0 Å². The summed E-state index contributed by atoms with van der Waals surface area (Å²) >= 11 is 1.67. The van der Waals surface area contributed by atoms with Crippen LogP contribution in [0.25, 0.3) is 4.96 Å². The maximum absolute atomic E-state index is 13.1. The number of thiazole rings is 1. The lowest BCUT2D eigenvalue weighted by Crippen LogP contribution is -2.18. The molecule has 2 heterocycles. The fraction of sp³-hybridized carbons (Fsp3) is 0.312. The van der Waals surface area contributed by atoms with Gasteiger partial charge in [0, 0.05) is 17.6 Å². The monoisotopic (exact) mass is 303 g/mol. The molecule has 1 N–H and O–H groups in total. The van der Waals surface area contributed by atoms with Gasteiger partial charge in [-0.1, -0.05) is 12.1 Å². The van der Waals surface area contributed by atoms with Crippen LogP contribution in [-0.2, 0) is 13.0 Å². The van der Waals surface area contributed by atoms with E-state index in [1.807, 2.05) is 13.0 Å². The van der Waals surface area contributed by atoms with Crippen LogP contribution in [0.5, 0.6) is 0 Å². The summed E-state index contributed by atoms with van der Waals surface area (Å²) in [5, 5.41) is 5.55. The third kappa shape index (κ3) is 2.99. The maximum Gasteiger partial charge on any atom is 0.194 e. The van der Waals surface area contributed by atoms with Gasteiger partial charge in [0.2, 0.25) is 0 Å². The smallest absolute Gasteiger partial charge is 0.194 e. The molecule has 2 aromatic heterocycles. The van der Waals surface area contributed by atoms with Crippen molar-refractivity contribution in [1.82, 2.24) is 14.7 Å². The highest BCUT2D eigenvalue weighted by molar-refractivity contribution is 7.15. The van der Waals surface area contributed by atoms with E-state index in [0.717, 1.165) is 35.7 Å². The quantitative estimate of drug-likeness (QED) is 0.731. The summed E-state index contributed by atoms with van der Waals surface area (Å²) in [5.41, 5.74) is 4.52. The first-order chi connectivity index (χ1) is 10.1. The van der Waals surface area contributed by atoms with E-state index in [2.05, 4.69) is 27.0 Å². The molecule has 3 nitrogen and oxygen atoms in total. The van der Waals surface area contributed by atoms with Crippen LogP contribution in [0.2, 0.25) is 0 Å². The highest BCUT2D eigenvalue weighted by Gasteiger charge is 2.11. The van der Waals surface area contributed by atoms with Crippen LogP contribution >= 0.6 is 11.3 Å². The predicted molar refractivity (Wildman–Crippen MR) is 84.4 cm³/mol. The van der Waals surface area contributed by atoms with Crippen LogP contribution in [0.4, 0.5) is 4.39 Å². The van der Waals surface area contributed by atoms with Crippen molar-refractivity contribution < 1.29 is 4.39 Å². The van der Waals surface area contributed by atoms with Crippen molar-refractivity contribution in [3.63, 3.8) is 0 Å². The molecule has 0 spiro atoms. The first-order valence-electron chi connectivity index (χ1n) is 7.02. The van der Waals surface area contributed by atoms with E-state index in [9.17, 15) is 4.39 Å². The Morgan fingerprint density at radius 1 is 1.33 bits per heavy atom. The molecule has 0 saturated heterocycles. The number of imidazole rings is 1. The van der Waals surface area contributed by atoms with Gasteiger partial charge >= 0.3 is 0 Å². The van der Waals surface area contributed by atoms with Gasteiger partial charge in [-0.15, -0.1) is 11.3 Å². The molecule has 5 heteroatoms. The Balaban J connectivity index is 1.62. The molecule has 3 aromatic rings. The second-order valence-electron chi connectivity index (χ2n) is 5.20. The summed E-state index contributed by atoms with van der Waals surface area (Å²) in [6, 6.07) is 6.77. The number of aryl methyl sites for hydroxylation is 2. The summed E-state index contributed by atoms with van der Waals surface area (Å²) in [6.07, 6.45) is 0.821. The van der Waals surface area contributed by atoms with Crippen LogP contribution in [-0.4, -0.2) is 15.9 Å². The Labute approximate surface area is 127 Å². The average Bonchev–Trinajstić information content (AvgIpc) is 2.95. The molecule has 0 radical (unpaired) electrons. The molecule has 0 amide bonds. The molecule has 0 bridgehead atoms. The standard InChI is InChI=1S/C16H18FN3S/c1-11-10-21-16-19-12(2)15(20(11)16)9-18-7-6-13-4-3-5-14(17)8-13/h3-5,8,10,18H,6-7,9H2,1-2H3. The van der Waals surface area contributed by atoms with Gasteiger partial charge in [-0.05, 0) is 44.5 Å². The van der Waals surface area contributed by atoms with Crippen molar-refractivity contribution in [3.05, 3.63) is 58.1 Å². The third-order valence-corrected chi connectivity index (χ3v) is 4.55. The Morgan fingerprint density at radius 3 is 3.00 bits per heavy atom. The van der Waals surface area contributed by atoms with Gasteiger partial charge in [-0.3, -0.25) is 4.40 Å². The van der Waals surface area contributed by atoms with Crippen LogP contribution in [0.3, 0.4) is 0 Å². The zero-order valence-electron chi connectivity index (χ0n) is 12.2. The molecule has 0 atom stereocenters. The summed E-state index contributed by atoms with van der Waals surface area (Å²) in [6.45, 7) is 5.74. The fourth-order valence-corrected chi connectivity index (χ4v) is 3.44. The molecular weight excluding hydrogens is 285 g/mol. The number of aromatic nitrogens is 2. The number of halogens is 1. The second-order valence-corrected chi connectivity index (χ2v) is 6.03. The van der Waals surface area contributed by atoms with E-state index in [0.29, 0.717) is 0 Å². The topological polar surface area (TPSA) is 29.3 Å². The molecule has 110 valence electrons. The Hall–Kier alpha value is -1.72. The van der Waals surface area contributed by atoms with Gasteiger partial charge in [-0.2, -0.15) is 0 Å². The molecule has 0 fully saturated rings. The van der Waals surface area contributed by atoms with E-state index < -0.39 is 0 Å². The van der Waals surface area contributed by atoms with Crippen LogP contribution in [0.1, 0.15) is 22.6 Å². The van der Waals surface area contributed by atoms with Crippen molar-refractivity contribution >= 4 is 16.3 Å². The molecule has 0 aliphatic rings. The lowest BCUT2D eigenvalue weighted by Gasteiger charge is -2.06. The zero-order valence-corrected chi connectivity index (χ0v) is 13.0. The minimum atomic E-state index is -0.172. The van der Waals surface area contributed by atoms with Gasteiger partial charge in [0.15, 0.2) is 4.96 Å². The molecular formula is C16H18FN3S. The molecule has 21 heavy (non-hydrogen) atoms. The normalized spacial score (nSPS) is 11.4. The van der Waals surface area contributed by atoms with Gasteiger partial charge in [0.25, 0.3) is 0 Å². The Morgan fingerprint density at radius 2 is 2.19 bits per heavy atom. The highest BCUT2D eigenvalue weighted by Crippen LogP contribution is 2.20. The number of nitrogens with one attached hydrogen (secondary N) is 1. The fourth-order valence-electron chi connectivity index (χ4n) is 2.51. The Bertz CT molecular complexity index is 760. The van der Waals surface area contributed by atoms with Crippen LogP contribution < -0.4 is 5.32 Å². The van der Waals surface area contributed by atoms with E-state index in [1.165, 1.54) is 17.5 Å². The number of hydrogen-bond donors (Lipinski definition) is 1. The second kappa shape index (κ2) is 5.95. The van der Waals surface area contributed by atoms with Crippen LogP contribution in [0, 0.1) is 19.7 Å². The van der Waals surface area contributed by atoms with Crippen molar-refractivity contribution in [2.45, 2.75) is 26.8 Å². The summed E-state index contributed by atoms with van der Waals surface area (Å²) < 4.78 is 15.3. The largest absolute Gasteiger partial charge is 0.311 e. The van der Waals surface area contributed by atoms with Gasteiger partial charge in [-0.25, -0.2) is 9.37 Å². The van der Waals surface area contributed by atoms with Gasteiger partial charge in [0.05, 0.1) is 11.4 Å². The molecule has 3 rings (SSSR count). The lowest BCUT2D eigenvalue weighted by atomic mass is 10.1. The number of benzene rings is 1. The minimum Gasteiger partial charge on any atom is -0.311 e. The van der Waals surface area contributed by atoms with Crippen molar-refractivity contribution in [3.8, 4) is 0 Å². The van der Waals surface area contributed by atoms with Crippen molar-refractivity contribution in [1.29, 1.82) is 0 Å². The summed E-state index contributed by atoms with van der Waals surface area (Å²) in [5.74, 6) is -0.172.